The Morgan fingerprint density at radius 1 is 1.19 bits per heavy atom. The Hall–Kier alpha value is -3.30. The molecule has 0 bridgehead atoms. The van der Waals surface area contributed by atoms with Crippen LogP contribution in [0.3, 0.4) is 0 Å². The van der Waals surface area contributed by atoms with Crippen molar-refractivity contribution in [2.24, 2.45) is 28.6 Å². The molecule has 7 rings (SSSR count). The van der Waals surface area contributed by atoms with Crippen LogP contribution in [-0.2, 0) is 20.9 Å². The van der Waals surface area contributed by atoms with Crippen LogP contribution in [0.5, 0.6) is 5.75 Å². The second kappa shape index (κ2) is 10.1. The van der Waals surface area contributed by atoms with Crippen molar-refractivity contribution >= 4 is 17.3 Å². The standard InChI is InChI=1S/C35H39NO7/c1-33-13-12-24(38)15-22(33)8-11-26-27-16-30-35(29(40)18-37,34(27,2)17-28(39)31(26)33)43-32(42-30)21-6-9-25(10-7-21)41-19-20-4-3-5-23(36)14-20/h3-7,9-10,12-15,26-28,30-32,37,39H,8,11,16-19,36H2,1-2H3/p+1/t26-,27-,28-,30+,31+,32+,33-,34-,35+/m0/s1. The van der Waals surface area contributed by atoms with Gasteiger partial charge in [0.05, 0.1) is 12.2 Å². The zero-order valence-electron chi connectivity index (χ0n) is 24.6. The van der Waals surface area contributed by atoms with Gasteiger partial charge in [-0.05, 0) is 67.3 Å². The molecule has 2 aromatic rings. The van der Waals surface area contributed by atoms with Gasteiger partial charge < -0.3 is 30.2 Å². The molecule has 8 heteroatoms. The number of Topliss-reactive ketones (excluding diaryl/α,β-unsaturated/α-hetero) is 1. The third-order valence-electron chi connectivity index (χ3n) is 11.3. The largest absolute Gasteiger partial charge is 0.489 e. The lowest BCUT2D eigenvalue weighted by atomic mass is 9.46. The number of rotatable bonds is 6. The fraction of sp³-hybridized carbons (Fsp3) is 0.486. The number of carbonyl (C=O) groups is 1. The van der Waals surface area contributed by atoms with Crippen LogP contribution in [0, 0.1) is 28.6 Å². The second-order valence-corrected chi connectivity index (χ2v) is 13.5. The van der Waals surface area contributed by atoms with Crippen LogP contribution in [-0.4, -0.2) is 51.0 Å². The minimum absolute atomic E-state index is 0.0503. The number of ether oxygens (including phenoxy) is 3. The van der Waals surface area contributed by atoms with E-state index in [-0.39, 0.29) is 29.0 Å². The normalized spacial score (nSPS) is 39.3. The van der Waals surface area contributed by atoms with Crippen molar-refractivity contribution < 1.29 is 34.0 Å². The first-order valence-corrected chi connectivity index (χ1v) is 15.3. The molecule has 0 unspecified atom stereocenters. The fourth-order valence-electron chi connectivity index (χ4n) is 9.42. The van der Waals surface area contributed by atoms with E-state index in [0.717, 1.165) is 29.5 Å². The molecule has 2 aromatic carbocycles. The zero-order valence-corrected chi connectivity index (χ0v) is 24.6. The van der Waals surface area contributed by atoms with Crippen molar-refractivity contribution in [1.29, 1.82) is 0 Å². The average molecular weight is 587 g/mol. The summed E-state index contributed by atoms with van der Waals surface area (Å²) < 4.78 is 19.2. The third-order valence-corrected chi connectivity index (χ3v) is 11.3. The fourth-order valence-corrected chi connectivity index (χ4v) is 9.42. The molecular formula is C35H40NO7+. The van der Waals surface area contributed by atoms with E-state index in [4.69, 9.17) is 19.9 Å². The van der Waals surface area contributed by atoms with Crippen molar-refractivity contribution in [3.63, 3.8) is 0 Å². The monoisotopic (exact) mass is 586 g/mol. The maximum Gasteiger partial charge on any atom is 0.339 e. The van der Waals surface area contributed by atoms with Gasteiger partial charge in [0.1, 0.15) is 19.0 Å². The van der Waals surface area contributed by atoms with Gasteiger partial charge in [0.2, 0.25) is 0 Å². The van der Waals surface area contributed by atoms with E-state index in [1.54, 1.807) is 6.08 Å². The number of hydrogen-bond acceptors (Lipinski definition) is 7. The molecule has 1 saturated heterocycles. The molecule has 0 radical (unpaired) electrons. The summed E-state index contributed by atoms with van der Waals surface area (Å²) in [6.07, 6.45) is 6.25. The third kappa shape index (κ3) is 4.18. The zero-order chi connectivity index (χ0) is 30.1. The Balaban J connectivity index is 1.14. The number of nitrogen functional groups attached to an aromatic ring is 1. The Morgan fingerprint density at radius 3 is 2.72 bits per heavy atom. The van der Waals surface area contributed by atoms with E-state index < -0.39 is 41.9 Å². The number of carbonyl (C=O) groups excluding carboxylic acids is 2. The molecule has 5 aliphatic rings. The predicted octanol–water partition coefficient (Wildman–Crippen LogP) is 4.43. The van der Waals surface area contributed by atoms with Crippen LogP contribution in [0.15, 0.2) is 72.3 Å². The van der Waals surface area contributed by atoms with Gasteiger partial charge in [0, 0.05) is 40.2 Å². The van der Waals surface area contributed by atoms with Crippen LogP contribution >= 0.6 is 0 Å². The van der Waals surface area contributed by atoms with Crippen LogP contribution in [0.25, 0.3) is 0 Å². The van der Waals surface area contributed by atoms with E-state index in [0.29, 0.717) is 30.9 Å². The average Bonchev–Trinajstić information content (AvgIpc) is 3.49. The molecular weight excluding hydrogens is 546 g/mol. The van der Waals surface area contributed by atoms with E-state index in [1.165, 1.54) is 0 Å². The molecule has 0 spiro atoms. The number of allylic oxidation sites excluding steroid dienone is 4. The number of aliphatic hydroxyl groups excluding tert-OH is 2. The van der Waals surface area contributed by atoms with Gasteiger partial charge in [-0.2, -0.15) is 0 Å². The smallest absolute Gasteiger partial charge is 0.339 e. The Labute approximate surface area is 251 Å². The van der Waals surface area contributed by atoms with Gasteiger partial charge in [0.15, 0.2) is 17.7 Å². The van der Waals surface area contributed by atoms with Crippen molar-refractivity contribution in [3.05, 3.63) is 83.5 Å². The number of fused-ring (bicyclic) bond motifs is 7. The topological polar surface area (TPSA) is 133 Å². The Morgan fingerprint density at radius 2 is 1.98 bits per heavy atom. The SMILES string of the molecule is C[C@]12C=CC(=[OH+])C=C1CC[C@@H]1[C@@H]2[C@@H](O)C[C@@]2(C)[C@H]1C[C@H]1O[C@@H](c3ccc(OCc4cccc(N)c4)cc3)O[C@]12C(=O)CO. The van der Waals surface area contributed by atoms with Crippen LogP contribution in [0.4, 0.5) is 5.69 Å². The molecule has 4 fully saturated rings. The summed E-state index contributed by atoms with van der Waals surface area (Å²) in [5.74, 6) is 0.690. The molecule has 1 aliphatic heterocycles. The van der Waals surface area contributed by atoms with E-state index in [1.807, 2.05) is 67.6 Å². The molecule has 226 valence electrons. The van der Waals surface area contributed by atoms with Crippen molar-refractivity contribution in [1.82, 2.24) is 0 Å². The molecule has 8 nitrogen and oxygen atoms in total. The molecule has 1 heterocycles. The highest BCUT2D eigenvalue weighted by atomic mass is 16.7. The quantitative estimate of drug-likeness (QED) is 0.337. The lowest BCUT2D eigenvalue weighted by Gasteiger charge is -2.59. The van der Waals surface area contributed by atoms with Crippen molar-refractivity contribution in [2.45, 2.75) is 70.2 Å². The predicted molar refractivity (Wildman–Crippen MR) is 160 cm³/mol. The molecule has 4 aliphatic carbocycles. The summed E-state index contributed by atoms with van der Waals surface area (Å²) in [7, 11) is 0. The maximum absolute atomic E-state index is 13.7. The van der Waals surface area contributed by atoms with Gasteiger partial charge >= 0.3 is 5.78 Å². The number of nitrogens with two attached hydrogens (primary N) is 1. The molecule has 43 heavy (non-hydrogen) atoms. The first-order chi connectivity index (χ1) is 20.6. The summed E-state index contributed by atoms with van der Waals surface area (Å²) in [6.45, 7) is 3.93. The number of ketones is 2. The summed E-state index contributed by atoms with van der Waals surface area (Å²) in [5.41, 5.74) is 6.97. The molecule has 0 aromatic heterocycles. The van der Waals surface area contributed by atoms with Crippen molar-refractivity contribution in [3.8, 4) is 5.75 Å². The van der Waals surface area contributed by atoms with E-state index in [2.05, 4.69) is 6.92 Å². The highest BCUT2D eigenvalue weighted by Gasteiger charge is 2.75. The number of hydrogen-bond donors (Lipinski definition) is 3. The van der Waals surface area contributed by atoms with Gasteiger partial charge in [-0.15, -0.1) is 0 Å². The number of benzene rings is 2. The van der Waals surface area contributed by atoms with Crippen LogP contribution in [0.2, 0.25) is 0 Å². The minimum atomic E-state index is -1.36. The van der Waals surface area contributed by atoms with Crippen LogP contribution in [0.1, 0.15) is 56.9 Å². The highest BCUT2D eigenvalue weighted by molar-refractivity contribution is 6.02. The van der Waals surface area contributed by atoms with Gasteiger partial charge in [-0.25, -0.2) is 0 Å². The molecule has 5 N–H and O–H groups in total. The molecule has 3 saturated carbocycles. The van der Waals surface area contributed by atoms with E-state index in [9.17, 15) is 19.8 Å². The van der Waals surface area contributed by atoms with Crippen LogP contribution < -0.4 is 10.5 Å². The Kier molecular flexibility index (Phi) is 6.70. The summed E-state index contributed by atoms with van der Waals surface area (Å²) in [5, 5.41) is 22.0. The first-order valence-electron chi connectivity index (χ1n) is 15.3. The first kappa shape index (κ1) is 28.5. The maximum atomic E-state index is 13.7. The van der Waals surface area contributed by atoms with Gasteiger partial charge in [-0.3, -0.25) is 9.59 Å². The second-order valence-electron chi connectivity index (χ2n) is 13.5. The lowest BCUT2D eigenvalue weighted by Crippen LogP contribution is -2.63. The van der Waals surface area contributed by atoms with Gasteiger partial charge in [-0.1, -0.05) is 49.8 Å². The van der Waals surface area contributed by atoms with Crippen molar-refractivity contribution in [2.75, 3.05) is 12.3 Å². The highest BCUT2D eigenvalue weighted by Crippen LogP contribution is 2.70. The molecule has 0 amide bonds. The summed E-state index contributed by atoms with van der Waals surface area (Å²) in [4.78, 5) is 23.9. The number of aliphatic hydroxyl groups is 2. The Bertz CT molecular complexity index is 1520. The number of anilines is 1. The molecule has 9 atom stereocenters. The van der Waals surface area contributed by atoms with E-state index >= 15 is 0 Å². The van der Waals surface area contributed by atoms with Gasteiger partial charge in [0.25, 0.3) is 0 Å². The minimum Gasteiger partial charge on any atom is -0.489 e. The summed E-state index contributed by atoms with van der Waals surface area (Å²) >= 11 is 0. The lowest BCUT2D eigenvalue weighted by molar-refractivity contribution is -0.201. The summed E-state index contributed by atoms with van der Waals surface area (Å²) in [6, 6.07) is 15.0.